The minimum absolute atomic E-state index is 0.0403. The summed E-state index contributed by atoms with van der Waals surface area (Å²) in [4.78, 5) is 28.9. The minimum Gasteiger partial charge on any atom is -0.354 e. The van der Waals surface area contributed by atoms with Gasteiger partial charge in [0.25, 0.3) is 0 Å². The number of nitrogens with one attached hydrogen (secondary N) is 1. The number of carbonyl (C=O) groups is 2. The monoisotopic (exact) mass is 456 g/mol. The first-order valence-corrected chi connectivity index (χ1v) is 12.2. The third kappa shape index (κ3) is 7.31. The second-order valence-electron chi connectivity index (χ2n) is 8.96. The van der Waals surface area contributed by atoms with Crippen LogP contribution in [0.15, 0.2) is 78.9 Å². The van der Waals surface area contributed by atoms with Crippen LogP contribution in [0.2, 0.25) is 0 Å². The molecule has 0 spiro atoms. The van der Waals surface area contributed by atoms with Gasteiger partial charge < -0.3 is 10.2 Å². The highest BCUT2D eigenvalue weighted by Gasteiger charge is 2.30. The summed E-state index contributed by atoms with van der Waals surface area (Å²) in [7, 11) is 0. The van der Waals surface area contributed by atoms with Crippen molar-refractivity contribution in [2.75, 3.05) is 6.54 Å². The highest BCUT2D eigenvalue weighted by atomic mass is 16.2. The highest BCUT2D eigenvalue weighted by Crippen LogP contribution is 2.18. The summed E-state index contributed by atoms with van der Waals surface area (Å²) in [6, 6.07) is 25.5. The molecule has 34 heavy (non-hydrogen) atoms. The molecule has 178 valence electrons. The molecule has 0 saturated carbocycles. The topological polar surface area (TPSA) is 49.4 Å². The Bertz CT molecular complexity index is 1060. The van der Waals surface area contributed by atoms with Crippen LogP contribution >= 0.6 is 0 Å². The highest BCUT2D eigenvalue weighted by molar-refractivity contribution is 5.89. The van der Waals surface area contributed by atoms with Crippen LogP contribution < -0.4 is 5.32 Å². The predicted octanol–water partition coefficient (Wildman–Crippen LogP) is 5.40. The van der Waals surface area contributed by atoms with Crippen LogP contribution in [-0.2, 0) is 29.0 Å². The molecular formula is C30H36N2O2. The molecule has 0 heterocycles. The molecule has 0 saturated heterocycles. The number of nitrogens with zero attached hydrogens (tertiary/aromatic N) is 1. The number of unbranched alkanes of at least 4 members (excludes halogenated alkanes) is 1. The molecule has 1 N–H and O–H groups in total. The zero-order chi connectivity index (χ0) is 24.3. The Morgan fingerprint density at radius 2 is 1.53 bits per heavy atom. The Morgan fingerprint density at radius 1 is 0.853 bits per heavy atom. The first-order valence-electron chi connectivity index (χ1n) is 12.2. The molecule has 3 rings (SSSR count). The van der Waals surface area contributed by atoms with Crippen molar-refractivity contribution in [3.8, 4) is 0 Å². The van der Waals surface area contributed by atoms with Gasteiger partial charge >= 0.3 is 0 Å². The van der Waals surface area contributed by atoms with E-state index in [2.05, 4.69) is 12.2 Å². The van der Waals surface area contributed by atoms with Gasteiger partial charge in [-0.3, -0.25) is 9.59 Å². The molecular weight excluding hydrogens is 420 g/mol. The van der Waals surface area contributed by atoms with Gasteiger partial charge in [-0.25, -0.2) is 0 Å². The Kier molecular flexibility index (Phi) is 9.45. The van der Waals surface area contributed by atoms with Crippen molar-refractivity contribution in [3.05, 3.63) is 107 Å². The smallest absolute Gasteiger partial charge is 0.243 e. The van der Waals surface area contributed by atoms with Crippen molar-refractivity contribution in [1.29, 1.82) is 0 Å². The Morgan fingerprint density at radius 3 is 2.21 bits per heavy atom. The number of aryl methyl sites for hydroxylation is 2. The lowest BCUT2D eigenvalue weighted by Gasteiger charge is -2.32. The van der Waals surface area contributed by atoms with Crippen molar-refractivity contribution in [2.45, 2.75) is 59.0 Å². The van der Waals surface area contributed by atoms with Crippen molar-refractivity contribution in [1.82, 2.24) is 10.2 Å². The van der Waals surface area contributed by atoms with Gasteiger partial charge in [-0.15, -0.1) is 0 Å². The minimum atomic E-state index is -0.586. The number of rotatable bonds is 11. The molecule has 0 unspecified atom stereocenters. The summed E-state index contributed by atoms with van der Waals surface area (Å²) in [5.74, 6) is -0.135. The number of hydrogen-bond acceptors (Lipinski definition) is 2. The van der Waals surface area contributed by atoms with Crippen LogP contribution in [0.1, 0.15) is 47.6 Å². The van der Waals surface area contributed by atoms with E-state index < -0.39 is 6.04 Å². The van der Waals surface area contributed by atoms with Crippen molar-refractivity contribution in [3.63, 3.8) is 0 Å². The van der Waals surface area contributed by atoms with Gasteiger partial charge in [-0.05, 0) is 42.5 Å². The van der Waals surface area contributed by atoms with Gasteiger partial charge in [0.15, 0.2) is 0 Å². The van der Waals surface area contributed by atoms with Gasteiger partial charge in [0.2, 0.25) is 11.8 Å². The van der Waals surface area contributed by atoms with Gasteiger partial charge in [-0.1, -0.05) is 97.8 Å². The van der Waals surface area contributed by atoms with E-state index in [-0.39, 0.29) is 18.2 Å². The van der Waals surface area contributed by atoms with Crippen LogP contribution in [0.3, 0.4) is 0 Å². The lowest BCUT2D eigenvalue weighted by molar-refractivity contribution is -0.140. The zero-order valence-electron chi connectivity index (χ0n) is 20.6. The first-order chi connectivity index (χ1) is 16.5. The molecule has 4 nitrogen and oxygen atoms in total. The van der Waals surface area contributed by atoms with Crippen molar-refractivity contribution >= 4 is 11.8 Å². The molecule has 0 aliphatic carbocycles. The summed E-state index contributed by atoms with van der Waals surface area (Å²) in [5.41, 5.74) is 5.29. The average molecular weight is 457 g/mol. The molecule has 3 aromatic rings. The summed E-state index contributed by atoms with van der Waals surface area (Å²) in [6.45, 7) is 7.17. The quantitative estimate of drug-likeness (QED) is 0.393. The maximum absolute atomic E-state index is 13.7. The summed E-state index contributed by atoms with van der Waals surface area (Å²) in [6.07, 6.45) is 2.66. The van der Waals surface area contributed by atoms with Crippen LogP contribution in [0.25, 0.3) is 0 Å². The van der Waals surface area contributed by atoms with E-state index >= 15 is 0 Å². The molecule has 1 atom stereocenters. The van der Waals surface area contributed by atoms with E-state index in [1.165, 1.54) is 5.56 Å². The van der Waals surface area contributed by atoms with Crippen LogP contribution in [-0.4, -0.2) is 29.3 Å². The Balaban J connectivity index is 1.94. The molecule has 0 aliphatic heterocycles. The van der Waals surface area contributed by atoms with E-state index in [4.69, 9.17) is 0 Å². The molecule has 0 fully saturated rings. The summed E-state index contributed by atoms with van der Waals surface area (Å²) >= 11 is 0. The maximum Gasteiger partial charge on any atom is 0.243 e. The van der Waals surface area contributed by atoms with Crippen LogP contribution in [0.5, 0.6) is 0 Å². The average Bonchev–Trinajstić information content (AvgIpc) is 2.84. The fourth-order valence-electron chi connectivity index (χ4n) is 4.02. The molecule has 2 amide bonds. The molecule has 0 aliphatic rings. The Labute approximate surface area is 204 Å². The van der Waals surface area contributed by atoms with E-state index in [0.29, 0.717) is 19.5 Å². The normalized spacial score (nSPS) is 11.6. The number of amides is 2. The third-order valence-corrected chi connectivity index (χ3v) is 6.18. The SMILES string of the molecule is CCCCNC(=O)[C@@H](Cc1ccccc1)N(Cc1ccc(C)cc1)C(=O)Cc1ccccc1C. The Hall–Kier alpha value is -3.40. The summed E-state index contributed by atoms with van der Waals surface area (Å²) < 4.78 is 0. The van der Waals surface area contributed by atoms with Gasteiger partial charge in [0.05, 0.1) is 6.42 Å². The predicted molar refractivity (Wildman–Crippen MR) is 138 cm³/mol. The largest absolute Gasteiger partial charge is 0.354 e. The van der Waals surface area contributed by atoms with Gasteiger partial charge in [0.1, 0.15) is 6.04 Å². The van der Waals surface area contributed by atoms with E-state index in [0.717, 1.165) is 35.1 Å². The van der Waals surface area contributed by atoms with E-state index in [1.54, 1.807) is 4.90 Å². The molecule has 0 aromatic heterocycles. The fourth-order valence-corrected chi connectivity index (χ4v) is 4.02. The summed E-state index contributed by atoms with van der Waals surface area (Å²) in [5, 5.41) is 3.08. The lowest BCUT2D eigenvalue weighted by Crippen LogP contribution is -2.51. The third-order valence-electron chi connectivity index (χ3n) is 6.18. The molecule has 3 aromatic carbocycles. The first kappa shape index (κ1) is 25.2. The maximum atomic E-state index is 13.7. The standard InChI is InChI=1S/C30H36N2O2/c1-4-5-19-31-30(34)28(20-25-12-7-6-8-13-25)32(22-26-17-15-23(2)16-18-26)29(33)21-27-14-10-9-11-24(27)3/h6-18,28H,4-5,19-22H2,1-3H3,(H,31,34)/t28-/m1/s1. The van der Waals surface area contributed by atoms with Crippen molar-refractivity contribution in [2.24, 2.45) is 0 Å². The van der Waals surface area contributed by atoms with Gasteiger partial charge in [-0.2, -0.15) is 0 Å². The molecule has 0 radical (unpaired) electrons. The van der Waals surface area contributed by atoms with Crippen LogP contribution in [0.4, 0.5) is 0 Å². The van der Waals surface area contributed by atoms with E-state index in [9.17, 15) is 9.59 Å². The number of hydrogen-bond donors (Lipinski definition) is 1. The van der Waals surface area contributed by atoms with Crippen LogP contribution in [0, 0.1) is 13.8 Å². The number of benzene rings is 3. The number of carbonyl (C=O) groups excluding carboxylic acids is 2. The second-order valence-corrected chi connectivity index (χ2v) is 8.96. The molecule has 0 bridgehead atoms. The zero-order valence-corrected chi connectivity index (χ0v) is 20.6. The van der Waals surface area contributed by atoms with Gasteiger partial charge in [0, 0.05) is 19.5 Å². The molecule has 4 heteroatoms. The van der Waals surface area contributed by atoms with E-state index in [1.807, 2.05) is 92.7 Å². The fraction of sp³-hybridized carbons (Fsp3) is 0.333. The lowest BCUT2D eigenvalue weighted by atomic mass is 10.00. The second kappa shape index (κ2) is 12.7. The van der Waals surface area contributed by atoms with Crippen molar-refractivity contribution < 1.29 is 9.59 Å².